The number of carbonyl (C=O) groups is 4. The van der Waals surface area contributed by atoms with Gasteiger partial charge in [0.2, 0.25) is 0 Å². The fraction of sp³-hybridized carbons (Fsp3) is 0.945. The van der Waals surface area contributed by atoms with Gasteiger partial charge in [0.1, 0.15) is 19.3 Å². The van der Waals surface area contributed by atoms with E-state index in [0.29, 0.717) is 25.7 Å². The van der Waals surface area contributed by atoms with Crippen LogP contribution < -0.4 is 0 Å². The van der Waals surface area contributed by atoms with E-state index in [9.17, 15) is 43.2 Å². The van der Waals surface area contributed by atoms with E-state index in [4.69, 9.17) is 37.0 Å². The number of esters is 4. The Kier molecular flexibility index (Phi) is 63.7. The molecule has 0 saturated heterocycles. The van der Waals surface area contributed by atoms with Crippen LogP contribution in [-0.2, 0) is 65.4 Å². The summed E-state index contributed by atoms with van der Waals surface area (Å²) in [5.74, 6) is -0.605. The lowest BCUT2D eigenvalue weighted by atomic mass is 10.0. The molecule has 92 heavy (non-hydrogen) atoms. The molecule has 17 nitrogen and oxygen atoms in total. The Balaban J connectivity index is 5.25. The maximum Gasteiger partial charge on any atom is 0.472 e. The number of hydrogen-bond acceptors (Lipinski definition) is 15. The maximum atomic E-state index is 13.1. The number of carbonyl (C=O) groups excluding carboxylic acids is 4. The van der Waals surface area contributed by atoms with E-state index in [1.54, 1.807) is 0 Å². The Hall–Kier alpha value is -1.94. The van der Waals surface area contributed by atoms with Crippen LogP contribution in [0.2, 0.25) is 0 Å². The monoisotopic (exact) mass is 1350 g/mol. The normalized spacial score (nSPS) is 14.1. The van der Waals surface area contributed by atoms with Crippen molar-refractivity contribution in [1.29, 1.82) is 0 Å². The first-order chi connectivity index (χ1) is 44.4. The van der Waals surface area contributed by atoms with E-state index in [0.717, 1.165) is 102 Å². The Morgan fingerprint density at radius 2 is 0.500 bits per heavy atom. The Bertz CT molecular complexity index is 1790. The van der Waals surface area contributed by atoms with E-state index in [1.807, 2.05) is 0 Å². The second-order valence-corrected chi connectivity index (χ2v) is 30.2. The van der Waals surface area contributed by atoms with Gasteiger partial charge in [0.05, 0.1) is 26.4 Å². The smallest absolute Gasteiger partial charge is 0.462 e. The standard InChI is InChI=1S/C73H142O17P2/c1-7-9-11-13-15-17-19-22-27-30-37-43-49-55-70(75)83-61-68(89-73(78)58-52-46-40-32-28-24-21-23-25-29-35-41-47-53-65(3)4)63-87-91(79,80)85-59-67(74)60-86-92(81,82)88-64-69(62-84-71(76)56-50-44-38-34-33-36-42-48-54-66(5)6)90-72(77)57-51-45-39-31-26-20-18-16-14-12-10-8-2/h65-69,74H,7-64H2,1-6H3,(H,79,80)(H,81,82)/t67-,68-,69-/m1/s1. The van der Waals surface area contributed by atoms with Gasteiger partial charge in [-0.2, -0.15) is 0 Å². The fourth-order valence-electron chi connectivity index (χ4n) is 11.1. The number of phosphoric ester groups is 2. The zero-order valence-corrected chi connectivity index (χ0v) is 61.6. The number of hydrogen-bond donors (Lipinski definition) is 3. The molecule has 3 N–H and O–H groups in total. The second kappa shape index (κ2) is 65.0. The van der Waals surface area contributed by atoms with Crippen LogP contribution in [0.15, 0.2) is 0 Å². The van der Waals surface area contributed by atoms with Crippen molar-refractivity contribution in [3.8, 4) is 0 Å². The molecule has 5 atom stereocenters. The highest BCUT2D eigenvalue weighted by atomic mass is 31.2. The summed E-state index contributed by atoms with van der Waals surface area (Å²) >= 11 is 0. The molecule has 0 bridgehead atoms. The summed E-state index contributed by atoms with van der Waals surface area (Å²) in [5, 5.41) is 10.6. The van der Waals surface area contributed by atoms with Gasteiger partial charge in [0.15, 0.2) is 12.2 Å². The molecule has 0 spiro atoms. The molecule has 546 valence electrons. The molecule has 0 aromatic rings. The van der Waals surface area contributed by atoms with E-state index in [2.05, 4.69) is 41.5 Å². The zero-order chi connectivity index (χ0) is 67.9. The third-order valence-corrected chi connectivity index (χ3v) is 18.9. The van der Waals surface area contributed by atoms with E-state index in [-0.39, 0.29) is 25.7 Å². The molecule has 0 aliphatic rings. The van der Waals surface area contributed by atoms with Crippen LogP contribution in [0.5, 0.6) is 0 Å². The van der Waals surface area contributed by atoms with Crippen molar-refractivity contribution in [3.63, 3.8) is 0 Å². The van der Waals surface area contributed by atoms with Gasteiger partial charge in [0.25, 0.3) is 0 Å². The van der Waals surface area contributed by atoms with Gasteiger partial charge in [-0.3, -0.25) is 37.3 Å². The Labute approximate surface area is 562 Å². The van der Waals surface area contributed by atoms with Gasteiger partial charge < -0.3 is 33.8 Å². The largest absolute Gasteiger partial charge is 0.472 e. The topological polar surface area (TPSA) is 237 Å². The molecule has 0 saturated carbocycles. The van der Waals surface area contributed by atoms with Gasteiger partial charge in [-0.05, 0) is 37.5 Å². The van der Waals surface area contributed by atoms with Crippen LogP contribution >= 0.6 is 15.6 Å². The van der Waals surface area contributed by atoms with Crippen LogP contribution in [0.3, 0.4) is 0 Å². The minimum absolute atomic E-state index is 0.107. The first-order valence-corrected chi connectivity index (χ1v) is 41.0. The minimum Gasteiger partial charge on any atom is -0.462 e. The highest BCUT2D eigenvalue weighted by Crippen LogP contribution is 2.45. The van der Waals surface area contributed by atoms with Gasteiger partial charge >= 0.3 is 39.5 Å². The van der Waals surface area contributed by atoms with Gasteiger partial charge in [-0.15, -0.1) is 0 Å². The molecule has 0 radical (unpaired) electrons. The molecule has 0 amide bonds. The van der Waals surface area contributed by atoms with Crippen molar-refractivity contribution >= 4 is 39.5 Å². The van der Waals surface area contributed by atoms with E-state index >= 15 is 0 Å². The Morgan fingerprint density at radius 1 is 0.293 bits per heavy atom. The van der Waals surface area contributed by atoms with Crippen molar-refractivity contribution in [2.75, 3.05) is 39.6 Å². The van der Waals surface area contributed by atoms with Crippen molar-refractivity contribution in [2.45, 2.75) is 394 Å². The van der Waals surface area contributed by atoms with Crippen molar-refractivity contribution in [1.82, 2.24) is 0 Å². The van der Waals surface area contributed by atoms with Crippen LogP contribution in [0, 0.1) is 11.8 Å². The molecule has 0 aliphatic carbocycles. The Morgan fingerprint density at radius 3 is 0.739 bits per heavy atom. The first-order valence-electron chi connectivity index (χ1n) is 38.0. The minimum atomic E-state index is -4.95. The molecule has 0 heterocycles. The highest BCUT2D eigenvalue weighted by Gasteiger charge is 2.30. The number of aliphatic hydroxyl groups is 1. The summed E-state index contributed by atoms with van der Waals surface area (Å²) in [7, 11) is -9.91. The van der Waals surface area contributed by atoms with Gasteiger partial charge in [-0.1, -0.05) is 324 Å². The molecular weight excluding hydrogens is 1210 g/mol. The van der Waals surface area contributed by atoms with Crippen LogP contribution in [0.1, 0.15) is 375 Å². The first kappa shape index (κ1) is 90.1. The highest BCUT2D eigenvalue weighted by molar-refractivity contribution is 7.47. The van der Waals surface area contributed by atoms with Crippen LogP contribution in [-0.4, -0.2) is 96.7 Å². The summed E-state index contributed by atoms with van der Waals surface area (Å²) < 4.78 is 68.4. The SMILES string of the molecule is CCCCCCCCCCCCCCCC(=O)OC[C@H](COP(=O)(O)OC[C@@H](O)COP(=O)(O)OC[C@@H](COC(=O)CCCCCCCCCCC(C)C)OC(=O)CCCCCCCCCCCCCC)OC(=O)CCCCCCCCCCCCCCCC(C)C. The van der Waals surface area contributed by atoms with Gasteiger partial charge in [-0.25, -0.2) is 9.13 Å². The molecule has 2 unspecified atom stereocenters. The summed E-state index contributed by atoms with van der Waals surface area (Å²) in [5.41, 5.74) is 0. The summed E-state index contributed by atoms with van der Waals surface area (Å²) in [6, 6.07) is 0. The summed E-state index contributed by atoms with van der Waals surface area (Å²) in [6.45, 7) is 9.56. The third kappa shape index (κ3) is 66.7. The average Bonchev–Trinajstić information content (AvgIpc) is 3.04. The second-order valence-electron chi connectivity index (χ2n) is 27.3. The fourth-order valence-corrected chi connectivity index (χ4v) is 12.7. The molecule has 0 aromatic heterocycles. The van der Waals surface area contributed by atoms with Gasteiger partial charge in [0, 0.05) is 25.7 Å². The maximum absolute atomic E-state index is 13.1. The third-order valence-electron chi connectivity index (χ3n) is 17.0. The molecule has 0 aliphatic heterocycles. The summed E-state index contributed by atoms with van der Waals surface area (Å²) in [6.07, 6.45) is 51.2. The molecule has 0 fully saturated rings. The summed E-state index contributed by atoms with van der Waals surface area (Å²) in [4.78, 5) is 72.7. The van der Waals surface area contributed by atoms with Crippen LogP contribution in [0.4, 0.5) is 0 Å². The van der Waals surface area contributed by atoms with Crippen molar-refractivity contribution in [2.24, 2.45) is 11.8 Å². The quantitative estimate of drug-likeness (QED) is 0.0222. The predicted octanol–water partition coefficient (Wildman–Crippen LogP) is 21.2. The molecular formula is C73H142O17P2. The molecule has 19 heteroatoms. The van der Waals surface area contributed by atoms with Crippen molar-refractivity contribution in [3.05, 3.63) is 0 Å². The average molecular weight is 1350 g/mol. The number of ether oxygens (including phenoxy) is 4. The lowest BCUT2D eigenvalue weighted by Gasteiger charge is -2.21. The number of rotatable bonds is 72. The predicted molar refractivity (Wildman–Crippen MR) is 372 cm³/mol. The lowest BCUT2D eigenvalue weighted by molar-refractivity contribution is -0.161. The number of phosphoric acid groups is 2. The van der Waals surface area contributed by atoms with E-state index < -0.39 is 97.5 Å². The molecule has 0 aromatic carbocycles. The van der Waals surface area contributed by atoms with Crippen LogP contribution in [0.25, 0.3) is 0 Å². The number of unbranched alkanes of at least 4 members (excludes halogenated alkanes) is 42. The lowest BCUT2D eigenvalue weighted by Crippen LogP contribution is -2.30. The zero-order valence-electron chi connectivity index (χ0n) is 59.9. The molecule has 0 rings (SSSR count). The number of aliphatic hydroxyl groups excluding tert-OH is 1. The van der Waals surface area contributed by atoms with Crippen molar-refractivity contribution < 1.29 is 80.2 Å². The van der Waals surface area contributed by atoms with E-state index in [1.165, 1.54) is 193 Å².